The highest BCUT2D eigenvalue weighted by atomic mass is 32.2. The van der Waals surface area contributed by atoms with Gasteiger partial charge in [-0.05, 0) is 30.7 Å². The molecule has 1 rings (SSSR count). The van der Waals surface area contributed by atoms with E-state index in [4.69, 9.17) is 0 Å². The van der Waals surface area contributed by atoms with Crippen molar-refractivity contribution in [1.29, 1.82) is 0 Å². The molecule has 136 valence electrons. The van der Waals surface area contributed by atoms with Crippen molar-refractivity contribution in [2.24, 2.45) is 0 Å². The molecule has 5 nitrogen and oxygen atoms in total. The fraction of sp³-hybridized carbons (Fsp3) is 0.533. The first-order valence-electron chi connectivity index (χ1n) is 7.60. The zero-order chi connectivity index (χ0) is 18.2. The molecule has 1 amide bonds. The van der Waals surface area contributed by atoms with Gasteiger partial charge in [-0.2, -0.15) is 13.2 Å². The van der Waals surface area contributed by atoms with Gasteiger partial charge in [0.1, 0.15) is 6.54 Å². The van der Waals surface area contributed by atoms with E-state index in [9.17, 15) is 26.4 Å². The molecule has 9 heteroatoms. The Balaban J connectivity index is 2.61. The molecule has 0 heterocycles. The van der Waals surface area contributed by atoms with Crippen molar-refractivity contribution in [1.82, 2.24) is 10.0 Å². The van der Waals surface area contributed by atoms with E-state index in [0.29, 0.717) is 6.54 Å². The second-order valence-electron chi connectivity index (χ2n) is 5.28. The summed E-state index contributed by atoms with van der Waals surface area (Å²) in [5.41, 5.74) is -0.0406. The molecule has 0 bridgehead atoms. The van der Waals surface area contributed by atoms with Gasteiger partial charge in [-0.25, -0.2) is 13.1 Å². The molecule has 0 atom stereocenters. The van der Waals surface area contributed by atoms with Crippen LogP contribution in [0.1, 0.15) is 43.0 Å². The van der Waals surface area contributed by atoms with Crippen LogP contribution in [0.3, 0.4) is 0 Å². The smallest absolute Gasteiger partial charge is 0.343 e. The van der Waals surface area contributed by atoms with Crippen LogP contribution in [0.4, 0.5) is 13.2 Å². The minimum absolute atomic E-state index is 0.0367. The number of hydrogen-bond donors (Lipinski definition) is 2. The van der Waals surface area contributed by atoms with Crippen molar-refractivity contribution in [3.63, 3.8) is 0 Å². The number of halogens is 3. The number of alkyl halides is 3. The molecule has 0 saturated heterocycles. The van der Waals surface area contributed by atoms with Gasteiger partial charge in [-0.3, -0.25) is 4.79 Å². The summed E-state index contributed by atoms with van der Waals surface area (Å²) in [5, 5.41) is 1.72. The van der Waals surface area contributed by atoms with E-state index in [0.717, 1.165) is 25.7 Å². The standard InChI is InChI=1S/C15H21F3N2O3S/c1-2-3-4-5-10-20-24(22,23)13-8-6-12(7-9-13)14(21)19-11-15(16,17)18/h6-9,20H,2-5,10-11H2,1H3,(H,19,21). The number of unbranched alkanes of at least 4 members (excludes halogenated alkanes) is 3. The zero-order valence-corrected chi connectivity index (χ0v) is 14.1. The Morgan fingerprint density at radius 1 is 1.08 bits per heavy atom. The van der Waals surface area contributed by atoms with Crippen molar-refractivity contribution in [3.8, 4) is 0 Å². The Morgan fingerprint density at radius 3 is 2.25 bits per heavy atom. The van der Waals surface area contributed by atoms with Gasteiger partial charge in [0.05, 0.1) is 4.90 Å². The highest BCUT2D eigenvalue weighted by Gasteiger charge is 2.28. The van der Waals surface area contributed by atoms with E-state index in [2.05, 4.69) is 11.6 Å². The normalized spacial score (nSPS) is 12.2. The molecule has 1 aromatic rings. The van der Waals surface area contributed by atoms with Crippen molar-refractivity contribution >= 4 is 15.9 Å². The quantitative estimate of drug-likeness (QED) is 0.660. The maximum Gasteiger partial charge on any atom is 0.405 e. The van der Waals surface area contributed by atoms with Gasteiger partial charge in [0.25, 0.3) is 5.91 Å². The lowest BCUT2D eigenvalue weighted by Gasteiger charge is -2.09. The second kappa shape index (κ2) is 9.03. The Hall–Kier alpha value is -1.61. The van der Waals surface area contributed by atoms with Crippen LogP contribution in [0.15, 0.2) is 29.2 Å². The average Bonchev–Trinajstić information content (AvgIpc) is 2.52. The summed E-state index contributed by atoms with van der Waals surface area (Å²) in [5.74, 6) is -0.913. The summed E-state index contributed by atoms with van der Waals surface area (Å²) in [4.78, 5) is 11.5. The molecule has 24 heavy (non-hydrogen) atoms. The van der Waals surface area contributed by atoms with E-state index >= 15 is 0 Å². The maximum atomic E-state index is 12.0. The number of rotatable bonds is 9. The first-order chi connectivity index (χ1) is 11.2. The summed E-state index contributed by atoms with van der Waals surface area (Å²) in [6.07, 6.45) is -0.767. The Morgan fingerprint density at radius 2 is 1.71 bits per heavy atom. The number of sulfonamides is 1. The van der Waals surface area contributed by atoms with E-state index < -0.39 is 28.7 Å². The average molecular weight is 366 g/mol. The molecule has 0 aliphatic carbocycles. The second-order valence-corrected chi connectivity index (χ2v) is 7.05. The largest absolute Gasteiger partial charge is 0.405 e. The van der Waals surface area contributed by atoms with Gasteiger partial charge < -0.3 is 5.32 Å². The Labute approximate surface area is 139 Å². The van der Waals surface area contributed by atoms with Crippen LogP contribution in [-0.2, 0) is 10.0 Å². The van der Waals surface area contributed by atoms with E-state index in [1.165, 1.54) is 24.3 Å². The van der Waals surface area contributed by atoms with Crippen LogP contribution >= 0.6 is 0 Å². The molecule has 0 fully saturated rings. The monoisotopic (exact) mass is 366 g/mol. The summed E-state index contributed by atoms with van der Waals surface area (Å²) in [6, 6.07) is 4.74. The van der Waals surface area contributed by atoms with Gasteiger partial charge >= 0.3 is 6.18 Å². The molecule has 0 radical (unpaired) electrons. The molecule has 0 aromatic heterocycles. The predicted molar refractivity (Wildman–Crippen MR) is 84.2 cm³/mol. The fourth-order valence-corrected chi connectivity index (χ4v) is 2.98. The van der Waals surface area contributed by atoms with Gasteiger partial charge in [0, 0.05) is 12.1 Å². The first-order valence-corrected chi connectivity index (χ1v) is 9.08. The molecule has 0 aliphatic heterocycles. The third-order valence-electron chi connectivity index (χ3n) is 3.20. The van der Waals surface area contributed by atoms with Crippen molar-refractivity contribution in [3.05, 3.63) is 29.8 Å². The molecule has 1 aromatic carbocycles. The highest BCUT2D eigenvalue weighted by molar-refractivity contribution is 7.89. The van der Waals surface area contributed by atoms with Crippen LogP contribution in [0.2, 0.25) is 0 Å². The number of hydrogen-bond acceptors (Lipinski definition) is 3. The third kappa shape index (κ3) is 7.31. The summed E-state index contributed by atoms with van der Waals surface area (Å²) >= 11 is 0. The lowest BCUT2D eigenvalue weighted by Crippen LogP contribution is -2.33. The molecular weight excluding hydrogens is 345 g/mol. The van der Waals surface area contributed by atoms with Gasteiger partial charge in [-0.1, -0.05) is 26.2 Å². The molecule has 0 saturated carbocycles. The maximum absolute atomic E-state index is 12.0. The SMILES string of the molecule is CCCCCCNS(=O)(=O)c1ccc(C(=O)NCC(F)(F)F)cc1. The van der Waals surface area contributed by atoms with Gasteiger partial charge in [0.2, 0.25) is 10.0 Å². The third-order valence-corrected chi connectivity index (χ3v) is 4.68. The number of carbonyl (C=O) groups is 1. The predicted octanol–water partition coefficient (Wildman–Crippen LogP) is 2.84. The summed E-state index contributed by atoms with van der Waals surface area (Å²) < 4.78 is 62.7. The van der Waals surface area contributed by atoms with Crippen LogP contribution < -0.4 is 10.0 Å². The summed E-state index contributed by atoms with van der Waals surface area (Å²) in [6.45, 7) is 0.929. The highest BCUT2D eigenvalue weighted by Crippen LogP contribution is 2.14. The van der Waals surface area contributed by atoms with Gasteiger partial charge in [-0.15, -0.1) is 0 Å². The van der Waals surface area contributed by atoms with E-state index in [1.807, 2.05) is 0 Å². The number of carbonyl (C=O) groups excluding carboxylic acids is 1. The number of benzene rings is 1. The van der Waals surface area contributed by atoms with E-state index in [-0.39, 0.29) is 10.5 Å². The Bertz CT molecular complexity index is 628. The first kappa shape index (κ1) is 20.4. The van der Waals surface area contributed by atoms with Crippen LogP contribution in [0, 0.1) is 0 Å². The summed E-state index contributed by atoms with van der Waals surface area (Å²) in [7, 11) is -3.69. The van der Waals surface area contributed by atoms with Crippen molar-refractivity contribution in [2.75, 3.05) is 13.1 Å². The molecule has 0 unspecified atom stereocenters. The molecular formula is C15H21F3N2O3S. The molecule has 0 spiro atoms. The topological polar surface area (TPSA) is 75.3 Å². The number of amides is 1. The van der Waals surface area contributed by atoms with Crippen molar-refractivity contribution < 1.29 is 26.4 Å². The van der Waals surface area contributed by atoms with Crippen LogP contribution in [-0.4, -0.2) is 33.6 Å². The fourth-order valence-electron chi connectivity index (χ4n) is 1.91. The van der Waals surface area contributed by atoms with E-state index in [1.54, 1.807) is 5.32 Å². The molecule has 2 N–H and O–H groups in total. The van der Waals surface area contributed by atoms with Crippen LogP contribution in [0.5, 0.6) is 0 Å². The molecule has 0 aliphatic rings. The minimum Gasteiger partial charge on any atom is -0.343 e. The Kier molecular flexibility index (Phi) is 7.68. The lowest BCUT2D eigenvalue weighted by molar-refractivity contribution is -0.123. The zero-order valence-electron chi connectivity index (χ0n) is 13.3. The minimum atomic E-state index is -4.50. The lowest BCUT2D eigenvalue weighted by atomic mass is 10.2. The number of nitrogens with one attached hydrogen (secondary N) is 2. The van der Waals surface area contributed by atoms with Crippen LogP contribution in [0.25, 0.3) is 0 Å². The van der Waals surface area contributed by atoms with Crippen molar-refractivity contribution in [2.45, 2.75) is 43.7 Å². The van der Waals surface area contributed by atoms with Gasteiger partial charge in [0.15, 0.2) is 0 Å².